The zero-order valence-corrected chi connectivity index (χ0v) is 22.5. The van der Waals surface area contributed by atoms with E-state index in [2.05, 4.69) is 25.6 Å². The number of tetrazole rings is 1. The highest BCUT2D eigenvalue weighted by Gasteiger charge is 2.35. The van der Waals surface area contributed by atoms with Crippen molar-refractivity contribution in [3.8, 4) is 22.5 Å². The Balaban J connectivity index is 1.36. The fourth-order valence-corrected chi connectivity index (χ4v) is 5.35. The largest absolute Gasteiger partial charge is 0.330 e. The maximum absolute atomic E-state index is 13.8. The van der Waals surface area contributed by atoms with Gasteiger partial charge in [0.2, 0.25) is 11.7 Å². The highest BCUT2D eigenvalue weighted by Crippen LogP contribution is 2.32. The van der Waals surface area contributed by atoms with Crippen LogP contribution in [0.15, 0.2) is 66.9 Å². The highest BCUT2D eigenvalue weighted by atomic mass is 16.2. The molecule has 1 atom stereocenters. The van der Waals surface area contributed by atoms with E-state index >= 15 is 0 Å². The number of anilines is 1. The van der Waals surface area contributed by atoms with Crippen molar-refractivity contribution < 1.29 is 9.59 Å². The van der Waals surface area contributed by atoms with E-state index in [1.807, 2.05) is 43.3 Å². The molecular weight excluding hydrogens is 504 g/mol. The SMILES string of the molecule is Cc1ncccc1-c1ccc(C[C@H](N)C(=O)N(C(=O)C2CCC(CN)CC2)c2ccc(-c3nn[nH]n3)cc2)cc1. The maximum atomic E-state index is 13.8. The van der Waals surface area contributed by atoms with Gasteiger partial charge in [0.05, 0.1) is 11.7 Å². The lowest BCUT2D eigenvalue weighted by Crippen LogP contribution is -2.50. The van der Waals surface area contributed by atoms with Gasteiger partial charge < -0.3 is 11.5 Å². The number of nitrogens with two attached hydrogens (primary N) is 2. The molecule has 0 bridgehead atoms. The first-order chi connectivity index (χ1) is 19.4. The Morgan fingerprint density at radius 1 is 1.00 bits per heavy atom. The van der Waals surface area contributed by atoms with Gasteiger partial charge in [-0.15, -0.1) is 10.2 Å². The molecule has 1 aliphatic carbocycles. The van der Waals surface area contributed by atoms with Crippen LogP contribution in [0.5, 0.6) is 0 Å². The van der Waals surface area contributed by atoms with Gasteiger partial charge >= 0.3 is 0 Å². The van der Waals surface area contributed by atoms with Crippen molar-refractivity contribution in [1.82, 2.24) is 25.6 Å². The van der Waals surface area contributed by atoms with Gasteiger partial charge in [-0.1, -0.05) is 30.3 Å². The fraction of sp³-hybridized carbons (Fsp3) is 0.333. The van der Waals surface area contributed by atoms with Gasteiger partial charge in [0, 0.05) is 28.9 Å². The number of H-pyrrole nitrogens is 1. The summed E-state index contributed by atoms with van der Waals surface area (Å²) in [6.07, 6.45) is 5.23. The van der Waals surface area contributed by atoms with Crippen LogP contribution in [0, 0.1) is 18.8 Å². The minimum absolute atomic E-state index is 0.217. The van der Waals surface area contributed by atoms with Crippen LogP contribution in [0.4, 0.5) is 5.69 Å². The van der Waals surface area contributed by atoms with Crippen molar-refractivity contribution >= 4 is 17.5 Å². The summed E-state index contributed by atoms with van der Waals surface area (Å²) in [5.41, 5.74) is 17.5. The van der Waals surface area contributed by atoms with Crippen molar-refractivity contribution in [1.29, 1.82) is 0 Å². The number of nitrogens with zero attached hydrogens (tertiary/aromatic N) is 5. The molecule has 2 amide bonds. The molecule has 40 heavy (non-hydrogen) atoms. The molecule has 2 aromatic heterocycles. The second-order valence-electron chi connectivity index (χ2n) is 10.4. The van der Waals surface area contributed by atoms with E-state index in [4.69, 9.17) is 11.5 Å². The number of aromatic nitrogens is 5. The molecule has 5 rings (SSSR count). The summed E-state index contributed by atoms with van der Waals surface area (Å²) in [6, 6.07) is 18.0. The predicted molar refractivity (Wildman–Crippen MR) is 153 cm³/mol. The van der Waals surface area contributed by atoms with Gasteiger partial charge in [0.15, 0.2) is 0 Å². The average Bonchev–Trinajstić information content (AvgIpc) is 3.53. The minimum Gasteiger partial charge on any atom is -0.330 e. The number of carbonyl (C=O) groups is 2. The summed E-state index contributed by atoms with van der Waals surface area (Å²) in [5.74, 6) is -0.0467. The Morgan fingerprint density at radius 3 is 2.33 bits per heavy atom. The van der Waals surface area contributed by atoms with Crippen LogP contribution in [-0.4, -0.2) is 50.0 Å². The Morgan fingerprint density at radius 2 is 1.70 bits per heavy atom. The van der Waals surface area contributed by atoms with E-state index < -0.39 is 11.9 Å². The van der Waals surface area contributed by atoms with Crippen LogP contribution in [0.2, 0.25) is 0 Å². The Hall–Kier alpha value is -4.28. The van der Waals surface area contributed by atoms with Gasteiger partial charge in [0.1, 0.15) is 0 Å². The number of benzene rings is 2. The summed E-state index contributed by atoms with van der Waals surface area (Å²) >= 11 is 0. The molecule has 1 fully saturated rings. The van der Waals surface area contributed by atoms with Crippen molar-refractivity contribution in [3.63, 3.8) is 0 Å². The number of amides is 2. The van der Waals surface area contributed by atoms with Crippen LogP contribution in [0.25, 0.3) is 22.5 Å². The molecule has 10 nitrogen and oxygen atoms in total. The third kappa shape index (κ3) is 5.98. The lowest BCUT2D eigenvalue weighted by atomic mass is 9.81. The predicted octanol–water partition coefficient (Wildman–Crippen LogP) is 3.43. The number of rotatable bonds is 8. The zero-order valence-electron chi connectivity index (χ0n) is 22.5. The summed E-state index contributed by atoms with van der Waals surface area (Å²) < 4.78 is 0. The Kier molecular flexibility index (Phi) is 8.37. The van der Waals surface area contributed by atoms with Crippen LogP contribution < -0.4 is 16.4 Å². The molecular formula is C30H34N8O2. The quantitative estimate of drug-likeness (QED) is 0.308. The highest BCUT2D eigenvalue weighted by molar-refractivity contribution is 6.17. The number of nitrogens with one attached hydrogen (secondary N) is 1. The normalized spacial score (nSPS) is 17.8. The summed E-state index contributed by atoms with van der Waals surface area (Å²) in [7, 11) is 0. The van der Waals surface area contributed by atoms with E-state index in [0.717, 1.165) is 35.2 Å². The second kappa shape index (κ2) is 12.3. The van der Waals surface area contributed by atoms with Crippen molar-refractivity contribution in [2.75, 3.05) is 11.4 Å². The first-order valence-corrected chi connectivity index (χ1v) is 13.6. The van der Waals surface area contributed by atoms with Crippen molar-refractivity contribution in [2.24, 2.45) is 23.3 Å². The lowest BCUT2D eigenvalue weighted by Gasteiger charge is -2.32. The van der Waals surface area contributed by atoms with Crippen LogP contribution in [0.1, 0.15) is 36.9 Å². The molecule has 1 aliphatic rings. The fourth-order valence-electron chi connectivity index (χ4n) is 5.35. The number of pyridine rings is 1. The smallest absolute Gasteiger partial charge is 0.251 e. The van der Waals surface area contributed by atoms with E-state index in [9.17, 15) is 9.59 Å². The van der Waals surface area contributed by atoms with Crippen molar-refractivity contribution in [3.05, 3.63) is 78.1 Å². The molecule has 4 aromatic rings. The molecule has 0 saturated heterocycles. The Bertz CT molecular complexity index is 1430. The number of carbonyl (C=O) groups excluding carboxylic acids is 2. The molecule has 0 unspecified atom stereocenters. The first-order valence-electron chi connectivity index (χ1n) is 13.6. The molecule has 10 heteroatoms. The lowest BCUT2D eigenvalue weighted by molar-refractivity contribution is -0.130. The first kappa shape index (κ1) is 27.3. The number of aromatic amines is 1. The second-order valence-corrected chi connectivity index (χ2v) is 10.4. The van der Waals surface area contributed by atoms with Crippen molar-refractivity contribution in [2.45, 2.75) is 45.1 Å². The molecule has 206 valence electrons. The topological polar surface area (TPSA) is 157 Å². The van der Waals surface area contributed by atoms with E-state index in [0.29, 0.717) is 48.8 Å². The zero-order chi connectivity index (χ0) is 28.1. The van der Waals surface area contributed by atoms with Crippen LogP contribution in [0.3, 0.4) is 0 Å². The third-order valence-corrected chi connectivity index (χ3v) is 7.74. The van der Waals surface area contributed by atoms with Gasteiger partial charge in [-0.2, -0.15) is 5.21 Å². The average molecular weight is 539 g/mol. The summed E-state index contributed by atoms with van der Waals surface area (Å²) in [6.45, 7) is 2.59. The minimum atomic E-state index is -0.896. The van der Waals surface area contributed by atoms with E-state index in [-0.39, 0.29) is 11.8 Å². The van der Waals surface area contributed by atoms with Gasteiger partial charge in [-0.05, 0) is 98.2 Å². The van der Waals surface area contributed by atoms with Crippen LogP contribution in [-0.2, 0) is 16.0 Å². The molecule has 0 aliphatic heterocycles. The molecule has 1 saturated carbocycles. The molecule has 0 spiro atoms. The van der Waals surface area contributed by atoms with Gasteiger partial charge in [-0.3, -0.25) is 14.6 Å². The van der Waals surface area contributed by atoms with Gasteiger partial charge in [0.25, 0.3) is 5.91 Å². The number of aryl methyl sites for hydroxylation is 1. The Labute approximate surface area is 233 Å². The number of imide groups is 1. The number of hydrogen-bond acceptors (Lipinski definition) is 8. The molecule has 2 aromatic carbocycles. The summed E-state index contributed by atoms with van der Waals surface area (Å²) in [4.78, 5) is 33.3. The standard InChI is InChI=1S/C30H34N8O2/c1-19-26(3-2-16-33-19)22-8-4-20(5-9-22)17-27(32)30(40)38(29(39)24-10-6-21(18-31)7-11-24)25-14-12-23(13-15-25)28-34-36-37-35-28/h2-5,8-9,12-16,21,24,27H,6-7,10-11,17-18,31-32H2,1H3,(H,34,35,36,37)/t21?,24?,27-/m0/s1. The van der Waals surface area contributed by atoms with E-state index in [1.54, 1.807) is 30.5 Å². The van der Waals surface area contributed by atoms with Crippen LogP contribution >= 0.6 is 0 Å². The molecule has 0 radical (unpaired) electrons. The monoisotopic (exact) mass is 538 g/mol. The maximum Gasteiger partial charge on any atom is 0.251 e. The third-order valence-electron chi connectivity index (χ3n) is 7.74. The van der Waals surface area contributed by atoms with Gasteiger partial charge in [-0.25, -0.2) is 4.90 Å². The molecule has 2 heterocycles. The summed E-state index contributed by atoms with van der Waals surface area (Å²) in [5, 5.41) is 14.0. The van der Waals surface area contributed by atoms with E-state index in [1.165, 1.54) is 4.90 Å². The molecule has 5 N–H and O–H groups in total. The number of hydrogen-bond donors (Lipinski definition) is 3.